The predicted molar refractivity (Wildman–Crippen MR) is 94.2 cm³/mol. The molecule has 3 rings (SSSR count). The number of para-hydroxylation sites is 1. The molecule has 1 aliphatic heterocycles. The number of thiophene rings is 1. The molecule has 5 nitrogen and oxygen atoms in total. The van der Waals surface area contributed by atoms with Crippen molar-refractivity contribution in [1.82, 2.24) is 5.01 Å². The van der Waals surface area contributed by atoms with E-state index in [1.165, 1.54) is 35.5 Å². The van der Waals surface area contributed by atoms with Crippen LogP contribution < -0.4 is 4.90 Å². The van der Waals surface area contributed by atoms with Gasteiger partial charge in [-0.1, -0.05) is 36.0 Å². The maximum Gasteiger partial charge on any atom is 0.241 e. The van der Waals surface area contributed by atoms with E-state index in [0.29, 0.717) is 5.17 Å². The van der Waals surface area contributed by atoms with Crippen LogP contribution in [0.2, 0.25) is 0 Å². The number of carbonyl (C=O) groups is 2. The van der Waals surface area contributed by atoms with Crippen LogP contribution in [-0.2, 0) is 9.59 Å². The van der Waals surface area contributed by atoms with Crippen LogP contribution in [0.3, 0.4) is 0 Å². The van der Waals surface area contributed by atoms with Gasteiger partial charge in [-0.15, -0.1) is 16.4 Å². The number of nitrogens with zero attached hydrogens (tertiary/aromatic N) is 3. The number of hydrogen-bond donors (Lipinski definition) is 0. The summed E-state index contributed by atoms with van der Waals surface area (Å²) < 4.78 is 0. The fourth-order valence-electron chi connectivity index (χ4n) is 2.27. The van der Waals surface area contributed by atoms with Crippen molar-refractivity contribution >= 4 is 45.8 Å². The number of rotatable bonds is 2. The highest BCUT2D eigenvalue weighted by Gasteiger charge is 2.36. The normalized spacial score (nSPS) is 17.0. The summed E-state index contributed by atoms with van der Waals surface area (Å²) in [7, 11) is 0. The zero-order valence-electron chi connectivity index (χ0n) is 12.7. The van der Waals surface area contributed by atoms with E-state index < -0.39 is 0 Å². The first-order valence-corrected chi connectivity index (χ1v) is 8.78. The molecule has 0 bridgehead atoms. The first-order chi connectivity index (χ1) is 11.1. The molecule has 7 heteroatoms. The van der Waals surface area contributed by atoms with E-state index in [0.717, 1.165) is 10.6 Å². The Labute approximate surface area is 142 Å². The Morgan fingerprint density at radius 2 is 1.87 bits per heavy atom. The summed E-state index contributed by atoms with van der Waals surface area (Å²) >= 11 is 2.97. The van der Waals surface area contributed by atoms with E-state index in [4.69, 9.17) is 0 Å². The average Bonchev–Trinajstić information content (AvgIpc) is 3.17. The Kier molecular flexibility index (Phi) is 4.49. The Balaban J connectivity index is 1.96. The Hall–Kier alpha value is -2.12. The van der Waals surface area contributed by atoms with Crippen LogP contribution in [0.15, 0.2) is 52.9 Å². The standard InChI is InChI=1S/C16H15N3O2S2/c1-11(20)18(13-7-4-3-5-8-13)16-17-19(12(2)21)15(23-16)14-9-6-10-22-14/h3-10,15H,1-2H3. The highest BCUT2D eigenvalue weighted by molar-refractivity contribution is 8.14. The molecule has 0 aliphatic carbocycles. The van der Waals surface area contributed by atoms with Crippen LogP contribution in [0.5, 0.6) is 0 Å². The SMILES string of the molecule is CC(=O)N(C1=NN(C(C)=O)C(c2cccs2)S1)c1ccccc1. The molecule has 2 heterocycles. The van der Waals surface area contributed by atoms with Crippen LogP contribution >= 0.6 is 23.1 Å². The highest BCUT2D eigenvalue weighted by Crippen LogP contribution is 2.42. The topological polar surface area (TPSA) is 53.0 Å². The van der Waals surface area contributed by atoms with Crippen molar-refractivity contribution in [3.63, 3.8) is 0 Å². The minimum Gasteiger partial charge on any atom is -0.274 e. The van der Waals surface area contributed by atoms with Crippen LogP contribution in [-0.4, -0.2) is 22.0 Å². The summed E-state index contributed by atoms with van der Waals surface area (Å²) in [5.41, 5.74) is 0.738. The van der Waals surface area contributed by atoms with Crippen molar-refractivity contribution in [1.29, 1.82) is 0 Å². The number of hydrazone groups is 1. The number of amides is 2. The summed E-state index contributed by atoms with van der Waals surface area (Å²) in [6.07, 6.45) is 0. The molecule has 0 spiro atoms. The molecule has 0 N–H and O–H groups in total. The monoisotopic (exact) mass is 345 g/mol. The highest BCUT2D eigenvalue weighted by atomic mass is 32.2. The molecule has 1 unspecified atom stereocenters. The molecule has 0 fully saturated rings. The van der Waals surface area contributed by atoms with Crippen molar-refractivity contribution in [2.45, 2.75) is 19.2 Å². The lowest BCUT2D eigenvalue weighted by molar-refractivity contribution is -0.129. The second-order valence-corrected chi connectivity index (χ2v) is 6.95. The van der Waals surface area contributed by atoms with Gasteiger partial charge in [-0.3, -0.25) is 14.5 Å². The largest absolute Gasteiger partial charge is 0.274 e. The van der Waals surface area contributed by atoms with Gasteiger partial charge in [0.25, 0.3) is 0 Å². The van der Waals surface area contributed by atoms with Gasteiger partial charge in [-0.2, -0.15) is 0 Å². The fraction of sp³-hybridized carbons (Fsp3) is 0.188. The Morgan fingerprint density at radius 1 is 1.13 bits per heavy atom. The van der Waals surface area contributed by atoms with Gasteiger partial charge in [-0.25, -0.2) is 5.01 Å². The minimum absolute atomic E-state index is 0.141. The summed E-state index contributed by atoms with van der Waals surface area (Å²) in [4.78, 5) is 26.6. The zero-order valence-corrected chi connectivity index (χ0v) is 14.3. The number of carbonyl (C=O) groups excluding carboxylic acids is 2. The maximum absolute atomic E-state index is 12.1. The quantitative estimate of drug-likeness (QED) is 0.834. The van der Waals surface area contributed by atoms with Gasteiger partial charge in [0.15, 0.2) is 5.17 Å². The van der Waals surface area contributed by atoms with Crippen LogP contribution in [0.25, 0.3) is 0 Å². The fourth-order valence-corrected chi connectivity index (χ4v) is 4.43. The molecular formula is C16H15N3O2S2. The number of amidine groups is 1. The first-order valence-electron chi connectivity index (χ1n) is 7.02. The third kappa shape index (κ3) is 3.16. The zero-order chi connectivity index (χ0) is 16.4. The lowest BCUT2D eigenvalue weighted by atomic mass is 10.3. The van der Waals surface area contributed by atoms with Gasteiger partial charge >= 0.3 is 0 Å². The molecule has 0 saturated heterocycles. The van der Waals surface area contributed by atoms with E-state index in [2.05, 4.69) is 5.10 Å². The first kappa shape index (κ1) is 15.8. The molecule has 1 atom stereocenters. The number of thioether (sulfide) groups is 1. The number of benzene rings is 1. The molecular weight excluding hydrogens is 330 g/mol. The summed E-state index contributed by atoms with van der Waals surface area (Å²) in [6.45, 7) is 2.97. The number of anilines is 1. The second kappa shape index (κ2) is 6.55. The third-order valence-corrected chi connectivity index (χ3v) is 5.49. The van der Waals surface area contributed by atoms with Crippen molar-refractivity contribution in [3.8, 4) is 0 Å². The van der Waals surface area contributed by atoms with Crippen molar-refractivity contribution in [2.24, 2.45) is 5.10 Å². The smallest absolute Gasteiger partial charge is 0.241 e. The van der Waals surface area contributed by atoms with Crippen LogP contribution in [0.4, 0.5) is 5.69 Å². The van der Waals surface area contributed by atoms with Crippen molar-refractivity contribution < 1.29 is 9.59 Å². The number of hydrogen-bond acceptors (Lipinski definition) is 5. The van der Waals surface area contributed by atoms with Gasteiger partial charge in [0, 0.05) is 18.7 Å². The van der Waals surface area contributed by atoms with Crippen LogP contribution in [0, 0.1) is 0 Å². The Morgan fingerprint density at radius 3 is 2.43 bits per heavy atom. The molecule has 2 amide bonds. The average molecular weight is 345 g/mol. The van der Waals surface area contributed by atoms with E-state index >= 15 is 0 Å². The van der Waals surface area contributed by atoms with Gasteiger partial charge in [0.05, 0.1) is 5.69 Å². The van der Waals surface area contributed by atoms with Crippen molar-refractivity contribution in [3.05, 3.63) is 52.7 Å². The van der Waals surface area contributed by atoms with E-state index in [1.54, 1.807) is 11.3 Å². The van der Waals surface area contributed by atoms with Gasteiger partial charge in [0.1, 0.15) is 5.37 Å². The summed E-state index contributed by atoms with van der Waals surface area (Å²) in [5, 5.41) is 8.08. The van der Waals surface area contributed by atoms with Crippen molar-refractivity contribution in [2.75, 3.05) is 4.90 Å². The molecule has 118 valence electrons. The summed E-state index contributed by atoms with van der Waals surface area (Å²) in [6, 6.07) is 13.2. The molecule has 1 aromatic carbocycles. The Bertz CT molecular complexity index is 744. The van der Waals surface area contributed by atoms with E-state index in [9.17, 15) is 9.59 Å². The lowest BCUT2D eigenvalue weighted by Gasteiger charge is -2.19. The van der Waals surface area contributed by atoms with E-state index in [-0.39, 0.29) is 17.2 Å². The third-order valence-electron chi connectivity index (χ3n) is 3.26. The maximum atomic E-state index is 12.1. The van der Waals surface area contributed by atoms with E-state index in [1.807, 2.05) is 47.8 Å². The molecule has 0 radical (unpaired) electrons. The van der Waals surface area contributed by atoms with Gasteiger partial charge < -0.3 is 0 Å². The molecule has 1 aliphatic rings. The molecule has 1 aromatic heterocycles. The molecule has 0 saturated carbocycles. The predicted octanol–water partition coefficient (Wildman–Crippen LogP) is 3.67. The summed E-state index contributed by atoms with van der Waals surface area (Å²) in [5.74, 6) is -0.291. The molecule has 2 aromatic rings. The lowest BCUT2D eigenvalue weighted by Crippen LogP contribution is -2.32. The van der Waals surface area contributed by atoms with Crippen LogP contribution in [0.1, 0.15) is 24.1 Å². The van der Waals surface area contributed by atoms with Gasteiger partial charge in [-0.05, 0) is 23.6 Å². The minimum atomic E-state index is -0.229. The van der Waals surface area contributed by atoms with Gasteiger partial charge in [0.2, 0.25) is 11.8 Å². The second-order valence-electron chi connectivity index (χ2n) is 4.92. The molecule has 23 heavy (non-hydrogen) atoms.